The molecule has 0 aliphatic carbocycles. The fourth-order valence-electron chi connectivity index (χ4n) is 1.87. The van der Waals surface area contributed by atoms with Crippen molar-refractivity contribution in [3.05, 3.63) is 72.9 Å². The van der Waals surface area contributed by atoms with E-state index in [1.54, 1.807) is 6.08 Å². The Balaban J connectivity index is 3.66. The number of carboxylic acids is 1. The number of aliphatic hydroxyl groups excluding tert-OH is 1. The van der Waals surface area contributed by atoms with Crippen LogP contribution in [0.25, 0.3) is 0 Å². The van der Waals surface area contributed by atoms with Gasteiger partial charge < -0.3 is 10.2 Å². The van der Waals surface area contributed by atoms with Crippen LogP contribution in [0.4, 0.5) is 0 Å². The second-order valence-electron chi connectivity index (χ2n) is 5.55. The van der Waals surface area contributed by atoms with E-state index in [1.807, 2.05) is 30.4 Å². The van der Waals surface area contributed by atoms with Crippen LogP contribution < -0.4 is 0 Å². The molecule has 0 unspecified atom stereocenters. The molecule has 2 N–H and O–H groups in total. The van der Waals surface area contributed by atoms with E-state index >= 15 is 0 Å². The molecule has 0 aromatic carbocycles. The van der Waals surface area contributed by atoms with Gasteiger partial charge in [-0.1, -0.05) is 79.8 Å². The van der Waals surface area contributed by atoms with Gasteiger partial charge in [0.05, 0.1) is 6.10 Å². The van der Waals surface area contributed by atoms with Crippen molar-refractivity contribution in [3.8, 4) is 0 Å². The molecule has 0 aromatic rings. The number of allylic oxidation sites excluding steroid dienone is 10. The zero-order valence-electron chi connectivity index (χ0n) is 15.3. The third kappa shape index (κ3) is 19.8. The Labute approximate surface area is 152 Å². The summed E-state index contributed by atoms with van der Waals surface area (Å²) in [5.41, 5.74) is 0. The summed E-state index contributed by atoms with van der Waals surface area (Å²) < 4.78 is 0. The predicted octanol–water partition coefficient (Wildman–Crippen LogP) is 5.52. The minimum Gasteiger partial charge on any atom is -0.481 e. The lowest BCUT2D eigenvalue weighted by atomic mass is 10.2. The van der Waals surface area contributed by atoms with Gasteiger partial charge in [0.15, 0.2) is 0 Å². The molecule has 0 saturated heterocycles. The van der Waals surface area contributed by atoms with Crippen LogP contribution in [0.1, 0.15) is 51.9 Å². The molecule has 0 aliphatic rings. The summed E-state index contributed by atoms with van der Waals surface area (Å²) in [5, 5.41) is 18.2. The van der Waals surface area contributed by atoms with Crippen molar-refractivity contribution in [2.45, 2.75) is 58.0 Å². The first-order chi connectivity index (χ1) is 12.2. The SMILES string of the molecule is CC/C=C\C[C@H](O)/C=C/C=C/C/C=C\C/C=C\C/C=C\CCC(=O)O. The summed E-state index contributed by atoms with van der Waals surface area (Å²) in [6.45, 7) is 2.08. The largest absolute Gasteiger partial charge is 0.481 e. The van der Waals surface area contributed by atoms with Gasteiger partial charge >= 0.3 is 5.97 Å². The lowest BCUT2D eigenvalue weighted by Gasteiger charge is -1.98. The number of carboxylic acid groups (broad SMARTS) is 1. The quantitative estimate of drug-likeness (QED) is 0.322. The average Bonchev–Trinajstić information content (AvgIpc) is 2.58. The summed E-state index contributed by atoms with van der Waals surface area (Å²) in [5.74, 6) is -0.754. The Morgan fingerprint density at radius 2 is 1.44 bits per heavy atom. The third-order valence-corrected chi connectivity index (χ3v) is 3.20. The average molecular weight is 344 g/mol. The molecule has 0 aliphatic heterocycles. The van der Waals surface area contributed by atoms with Crippen molar-refractivity contribution >= 4 is 5.97 Å². The van der Waals surface area contributed by atoms with Crippen molar-refractivity contribution in [2.24, 2.45) is 0 Å². The number of aliphatic hydroxyl groups is 1. The Morgan fingerprint density at radius 1 is 0.840 bits per heavy atom. The van der Waals surface area contributed by atoms with E-state index in [-0.39, 0.29) is 6.42 Å². The topological polar surface area (TPSA) is 57.5 Å². The zero-order valence-corrected chi connectivity index (χ0v) is 15.3. The van der Waals surface area contributed by atoms with E-state index < -0.39 is 12.1 Å². The van der Waals surface area contributed by atoms with Crippen LogP contribution in [-0.4, -0.2) is 22.3 Å². The second kappa shape index (κ2) is 18.2. The van der Waals surface area contributed by atoms with Crippen LogP contribution in [0, 0.1) is 0 Å². The first-order valence-electron chi connectivity index (χ1n) is 9.00. The monoisotopic (exact) mass is 344 g/mol. The third-order valence-electron chi connectivity index (χ3n) is 3.20. The molecule has 0 saturated carbocycles. The van der Waals surface area contributed by atoms with Crippen molar-refractivity contribution in [2.75, 3.05) is 0 Å². The van der Waals surface area contributed by atoms with E-state index in [2.05, 4.69) is 43.4 Å². The smallest absolute Gasteiger partial charge is 0.303 e. The number of aliphatic carboxylic acids is 1. The van der Waals surface area contributed by atoms with Crippen LogP contribution in [0.2, 0.25) is 0 Å². The summed E-state index contributed by atoms with van der Waals surface area (Å²) in [6, 6.07) is 0. The van der Waals surface area contributed by atoms with Crippen LogP contribution in [0.3, 0.4) is 0 Å². The highest BCUT2D eigenvalue weighted by molar-refractivity contribution is 5.66. The normalized spacial score (nSPS) is 14.3. The van der Waals surface area contributed by atoms with Crippen LogP contribution in [0.5, 0.6) is 0 Å². The molecule has 3 heteroatoms. The summed E-state index contributed by atoms with van der Waals surface area (Å²) in [4.78, 5) is 10.3. The molecule has 0 radical (unpaired) electrons. The number of hydrogen-bond acceptors (Lipinski definition) is 2. The van der Waals surface area contributed by atoms with E-state index in [0.29, 0.717) is 12.8 Å². The highest BCUT2D eigenvalue weighted by Gasteiger charge is 1.92. The van der Waals surface area contributed by atoms with Gasteiger partial charge in [-0.3, -0.25) is 4.79 Å². The molecule has 138 valence electrons. The van der Waals surface area contributed by atoms with Crippen LogP contribution in [0.15, 0.2) is 72.9 Å². The van der Waals surface area contributed by atoms with Gasteiger partial charge in [0.1, 0.15) is 0 Å². The fraction of sp³-hybridized carbons (Fsp3) is 0.409. The second-order valence-corrected chi connectivity index (χ2v) is 5.55. The molecule has 0 rings (SSSR count). The maximum atomic E-state index is 10.3. The van der Waals surface area contributed by atoms with Crippen LogP contribution in [-0.2, 0) is 4.79 Å². The van der Waals surface area contributed by atoms with E-state index in [0.717, 1.165) is 25.7 Å². The lowest BCUT2D eigenvalue weighted by Crippen LogP contribution is -1.98. The Hall–Kier alpha value is -2.13. The fourth-order valence-corrected chi connectivity index (χ4v) is 1.87. The summed E-state index contributed by atoms with van der Waals surface area (Å²) >= 11 is 0. The van der Waals surface area contributed by atoms with Gasteiger partial charge in [-0.25, -0.2) is 0 Å². The minimum atomic E-state index is -0.754. The van der Waals surface area contributed by atoms with Crippen molar-refractivity contribution in [1.29, 1.82) is 0 Å². The molecule has 0 heterocycles. The van der Waals surface area contributed by atoms with Gasteiger partial charge in [0.2, 0.25) is 0 Å². The van der Waals surface area contributed by atoms with Gasteiger partial charge in [0, 0.05) is 6.42 Å². The molecule has 1 atom stereocenters. The van der Waals surface area contributed by atoms with Gasteiger partial charge in [0.25, 0.3) is 0 Å². The molecule has 0 bridgehead atoms. The molecule has 3 nitrogen and oxygen atoms in total. The Bertz CT molecular complexity index is 493. The summed E-state index contributed by atoms with van der Waals surface area (Å²) in [6.07, 6.45) is 28.7. The molecule has 0 fully saturated rings. The maximum Gasteiger partial charge on any atom is 0.303 e. The highest BCUT2D eigenvalue weighted by atomic mass is 16.4. The maximum absolute atomic E-state index is 10.3. The zero-order chi connectivity index (χ0) is 18.6. The van der Waals surface area contributed by atoms with E-state index in [1.165, 1.54) is 0 Å². The molecule has 0 amide bonds. The number of hydrogen-bond donors (Lipinski definition) is 2. The molecule has 25 heavy (non-hydrogen) atoms. The molecular weight excluding hydrogens is 312 g/mol. The Kier molecular flexibility index (Phi) is 16.7. The van der Waals surface area contributed by atoms with Gasteiger partial charge in [-0.2, -0.15) is 0 Å². The highest BCUT2D eigenvalue weighted by Crippen LogP contribution is 1.98. The standard InChI is InChI=1S/C22H32O3/c1-2-3-15-18-21(23)19-16-13-11-9-7-5-4-6-8-10-12-14-17-20-22(24)25/h3,5-8,11-16,19,21,23H,2,4,9-10,17-18,20H2,1H3,(H,24,25)/b7-5-,8-6-,13-11+,14-12-,15-3-,19-16+/t21-/m0/s1. The lowest BCUT2D eigenvalue weighted by molar-refractivity contribution is -0.136. The first-order valence-corrected chi connectivity index (χ1v) is 9.00. The van der Waals surface area contributed by atoms with Crippen LogP contribution >= 0.6 is 0 Å². The molecule has 0 aromatic heterocycles. The first kappa shape index (κ1) is 22.9. The predicted molar refractivity (Wildman–Crippen MR) is 106 cm³/mol. The summed E-state index contributed by atoms with van der Waals surface area (Å²) in [7, 11) is 0. The Morgan fingerprint density at radius 3 is 2.04 bits per heavy atom. The number of carbonyl (C=O) groups is 1. The van der Waals surface area contributed by atoms with E-state index in [9.17, 15) is 9.90 Å². The van der Waals surface area contributed by atoms with Gasteiger partial charge in [-0.05, 0) is 38.5 Å². The van der Waals surface area contributed by atoms with E-state index in [4.69, 9.17) is 5.11 Å². The van der Waals surface area contributed by atoms with Crippen molar-refractivity contribution < 1.29 is 15.0 Å². The minimum absolute atomic E-state index is 0.195. The molecular formula is C22H32O3. The van der Waals surface area contributed by atoms with Crippen molar-refractivity contribution in [3.63, 3.8) is 0 Å². The van der Waals surface area contributed by atoms with Crippen molar-refractivity contribution in [1.82, 2.24) is 0 Å². The number of rotatable bonds is 14. The molecule has 0 spiro atoms. The van der Waals surface area contributed by atoms with Gasteiger partial charge in [-0.15, -0.1) is 0 Å².